The van der Waals surface area contributed by atoms with E-state index in [4.69, 9.17) is 9.78 Å². The van der Waals surface area contributed by atoms with Gasteiger partial charge in [-0.1, -0.05) is 17.3 Å². The molecule has 2 fully saturated rings. The molecule has 0 radical (unpaired) electrons. The summed E-state index contributed by atoms with van der Waals surface area (Å²) >= 11 is 0. The average molecular weight is 296 g/mol. The number of nitrogens with zero attached hydrogens (tertiary/aromatic N) is 4. The Morgan fingerprint density at radius 2 is 2.18 bits per heavy atom. The van der Waals surface area contributed by atoms with E-state index in [-0.39, 0.29) is 0 Å². The fourth-order valence-electron chi connectivity index (χ4n) is 3.87. The second-order valence-electron chi connectivity index (χ2n) is 6.39. The first-order valence-corrected chi connectivity index (χ1v) is 8.05. The molecule has 5 nitrogen and oxygen atoms in total. The standard InChI is InChI=1S/C17H20N4O/c18-7-5-13-6-8-20-9-10-21(12-14(20)11-13)17-15-3-1-2-4-16(15)22-19-17/h1-4,13-14H,5-6,8-12H2. The number of rotatable bonds is 2. The number of hydrogen-bond acceptors (Lipinski definition) is 5. The number of anilines is 1. The van der Waals surface area contributed by atoms with Crippen molar-refractivity contribution in [1.29, 1.82) is 5.26 Å². The number of piperazine rings is 1. The first kappa shape index (κ1) is 13.6. The van der Waals surface area contributed by atoms with Crippen molar-refractivity contribution in [3.05, 3.63) is 24.3 Å². The fraction of sp³-hybridized carbons (Fsp3) is 0.529. The molecule has 0 aliphatic carbocycles. The summed E-state index contributed by atoms with van der Waals surface area (Å²) in [6.45, 7) is 4.18. The third-order valence-corrected chi connectivity index (χ3v) is 5.07. The van der Waals surface area contributed by atoms with E-state index in [2.05, 4.69) is 27.1 Å². The molecule has 2 atom stereocenters. The number of nitriles is 1. The number of fused-ring (bicyclic) bond motifs is 2. The fourth-order valence-corrected chi connectivity index (χ4v) is 3.87. The predicted octanol–water partition coefficient (Wildman–Crippen LogP) is 2.64. The molecule has 3 heterocycles. The van der Waals surface area contributed by atoms with E-state index in [1.54, 1.807) is 0 Å². The molecule has 22 heavy (non-hydrogen) atoms. The van der Waals surface area contributed by atoms with Gasteiger partial charge in [0, 0.05) is 32.1 Å². The van der Waals surface area contributed by atoms with Gasteiger partial charge in [0.15, 0.2) is 11.4 Å². The average Bonchev–Trinajstić information content (AvgIpc) is 2.98. The summed E-state index contributed by atoms with van der Waals surface area (Å²) in [5, 5.41) is 14.3. The van der Waals surface area contributed by atoms with Crippen LogP contribution in [0.2, 0.25) is 0 Å². The maximum Gasteiger partial charge on any atom is 0.180 e. The lowest BCUT2D eigenvalue weighted by Crippen LogP contribution is -2.56. The molecule has 2 saturated heterocycles. The highest BCUT2D eigenvalue weighted by Crippen LogP contribution is 2.32. The van der Waals surface area contributed by atoms with Gasteiger partial charge in [-0.15, -0.1) is 0 Å². The van der Waals surface area contributed by atoms with Gasteiger partial charge < -0.3 is 9.42 Å². The van der Waals surface area contributed by atoms with Gasteiger partial charge in [-0.25, -0.2) is 0 Å². The van der Waals surface area contributed by atoms with E-state index in [0.29, 0.717) is 18.4 Å². The van der Waals surface area contributed by atoms with Crippen molar-refractivity contribution in [2.75, 3.05) is 31.1 Å². The number of para-hydroxylation sites is 1. The maximum atomic E-state index is 8.94. The monoisotopic (exact) mass is 296 g/mol. The Kier molecular flexibility index (Phi) is 3.47. The summed E-state index contributed by atoms with van der Waals surface area (Å²) in [6.07, 6.45) is 2.98. The predicted molar refractivity (Wildman–Crippen MR) is 84.5 cm³/mol. The van der Waals surface area contributed by atoms with Crippen LogP contribution in [0.25, 0.3) is 11.0 Å². The molecule has 1 aromatic carbocycles. The SMILES string of the molecule is N#CCC1CCN2CCN(c3noc4ccccc34)CC2C1. The lowest BCUT2D eigenvalue weighted by molar-refractivity contribution is 0.101. The first-order valence-electron chi connectivity index (χ1n) is 8.05. The van der Waals surface area contributed by atoms with E-state index in [1.807, 2.05) is 18.2 Å². The topological polar surface area (TPSA) is 56.3 Å². The van der Waals surface area contributed by atoms with E-state index < -0.39 is 0 Å². The van der Waals surface area contributed by atoms with Gasteiger partial charge in [-0.3, -0.25) is 4.90 Å². The molecule has 0 saturated carbocycles. The number of benzene rings is 1. The van der Waals surface area contributed by atoms with E-state index in [9.17, 15) is 0 Å². The van der Waals surface area contributed by atoms with Crippen LogP contribution < -0.4 is 4.90 Å². The van der Waals surface area contributed by atoms with Crippen LogP contribution in [0.5, 0.6) is 0 Å². The van der Waals surface area contributed by atoms with Gasteiger partial charge in [0.25, 0.3) is 0 Å². The van der Waals surface area contributed by atoms with Crippen molar-refractivity contribution in [3.8, 4) is 6.07 Å². The second-order valence-corrected chi connectivity index (χ2v) is 6.39. The van der Waals surface area contributed by atoms with Gasteiger partial charge in [0.1, 0.15) is 0 Å². The molecule has 4 rings (SSSR count). The van der Waals surface area contributed by atoms with Crippen LogP contribution in [0.3, 0.4) is 0 Å². The number of aromatic nitrogens is 1. The summed E-state index contributed by atoms with van der Waals surface area (Å²) in [6, 6.07) is 10.9. The summed E-state index contributed by atoms with van der Waals surface area (Å²) in [5.41, 5.74) is 0.853. The van der Waals surface area contributed by atoms with Gasteiger partial charge in [0.2, 0.25) is 0 Å². The molecule has 2 aliphatic heterocycles. The molecular weight excluding hydrogens is 276 g/mol. The first-order chi connectivity index (χ1) is 10.8. The number of piperidine rings is 1. The van der Waals surface area contributed by atoms with Crippen molar-refractivity contribution < 1.29 is 4.52 Å². The smallest absolute Gasteiger partial charge is 0.180 e. The highest BCUT2D eigenvalue weighted by molar-refractivity contribution is 5.88. The molecule has 0 bridgehead atoms. The quantitative estimate of drug-likeness (QED) is 0.852. The zero-order chi connectivity index (χ0) is 14.9. The molecular formula is C17H20N4O. The molecule has 0 N–H and O–H groups in total. The minimum atomic E-state index is 0.538. The Labute approximate surface area is 130 Å². The van der Waals surface area contributed by atoms with Gasteiger partial charge in [0.05, 0.1) is 11.5 Å². The Morgan fingerprint density at radius 3 is 3.09 bits per heavy atom. The van der Waals surface area contributed by atoms with Crippen molar-refractivity contribution in [2.45, 2.75) is 25.3 Å². The maximum absolute atomic E-state index is 8.94. The Hall–Kier alpha value is -2.06. The minimum Gasteiger partial charge on any atom is -0.354 e. The van der Waals surface area contributed by atoms with E-state index in [1.165, 1.54) is 0 Å². The van der Waals surface area contributed by atoms with Crippen LogP contribution >= 0.6 is 0 Å². The van der Waals surface area contributed by atoms with Crippen molar-refractivity contribution in [2.24, 2.45) is 5.92 Å². The van der Waals surface area contributed by atoms with Crippen molar-refractivity contribution in [3.63, 3.8) is 0 Å². The molecule has 1 aromatic heterocycles. The summed E-state index contributed by atoms with van der Waals surface area (Å²) in [7, 11) is 0. The Bertz CT molecular complexity index is 704. The molecule has 0 spiro atoms. The van der Waals surface area contributed by atoms with Crippen LogP contribution in [-0.4, -0.2) is 42.3 Å². The number of hydrogen-bond donors (Lipinski definition) is 0. The molecule has 114 valence electrons. The third-order valence-electron chi connectivity index (χ3n) is 5.07. The molecule has 2 aromatic rings. The minimum absolute atomic E-state index is 0.538. The normalized spacial score (nSPS) is 25.9. The summed E-state index contributed by atoms with van der Waals surface area (Å²) in [5.74, 6) is 1.53. The van der Waals surface area contributed by atoms with Crippen LogP contribution in [-0.2, 0) is 0 Å². The lowest BCUT2D eigenvalue weighted by atomic mass is 9.87. The van der Waals surface area contributed by atoms with Crippen molar-refractivity contribution >= 4 is 16.8 Å². The van der Waals surface area contributed by atoms with Crippen molar-refractivity contribution in [1.82, 2.24) is 10.1 Å². The van der Waals surface area contributed by atoms with E-state index >= 15 is 0 Å². The molecule has 5 heteroatoms. The highest BCUT2D eigenvalue weighted by Gasteiger charge is 2.34. The van der Waals surface area contributed by atoms with Crippen LogP contribution in [0.15, 0.2) is 28.8 Å². The lowest BCUT2D eigenvalue weighted by Gasteiger charge is -2.46. The third kappa shape index (κ3) is 2.34. The van der Waals surface area contributed by atoms with Crippen LogP contribution in [0, 0.1) is 17.2 Å². The molecule has 2 unspecified atom stereocenters. The van der Waals surface area contributed by atoms with Gasteiger partial charge in [-0.2, -0.15) is 5.26 Å². The van der Waals surface area contributed by atoms with Gasteiger partial charge in [-0.05, 0) is 37.4 Å². The Morgan fingerprint density at radius 1 is 1.27 bits per heavy atom. The zero-order valence-electron chi connectivity index (χ0n) is 12.6. The van der Waals surface area contributed by atoms with Crippen LogP contribution in [0.4, 0.5) is 5.82 Å². The second kappa shape index (κ2) is 5.62. The molecule has 0 amide bonds. The molecule has 2 aliphatic rings. The zero-order valence-corrected chi connectivity index (χ0v) is 12.6. The van der Waals surface area contributed by atoms with Crippen LogP contribution in [0.1, 0.15) is 19.3 Å². The summed E-state index contributed by atoms with van der Waals surface area (Å²) in [4.78, 5) is 4.93. The summed E-state index contributed by atoms with van der Waals surface area (Å²) < 4.78 is 5.45. The van der Waals surface area contributed by atoms with Gasteiger partial charge >= 0.3 is 0 Å². The van der Waals surface area contributed by atoms with E-state index in [0.717, 1.165) is 55.8 Å². The Balaban J connectivity index is 1.54. The largest absolute Gasteiger partial charge is 0.354 e. The highest BCUT2D eigenvalue weighted by atomic mass is 16.5.